The van der Waals surface area contributed by atoms with Crippen molar-refractivity contribution in [2.75, 3.05) is 5.32 Å². The van der Waals surface area contributed by atoms with Gasteiger partial charge in [0.25, 0.3) is 0 Å². The molecule has 0 aliphatic carbocycles. The van der Waals surface area contributed by atoms with Crippen LogP contribution < -0.4 is 5.32 Å². The summed E-state index contributed by atoms with van der Waals surface area (Å²) in [6.45, 7) is 8.68. The molecule has 0 bridgehead atoms. The van der Waals surface area contributed by atoms with E-state index < -0.39 is 0 Å². The molecule has 0 heterocycles. The summed E-state index contributed by atoms with van der Waals surface area (Å²) in [5.74, 6) is 0.329. The van der Waals surface area contributed by atoms with Gasteiger partial charge >= 0.3 is 0 Å². The van der Waals surface area contributed by atoms with Gasteiger partial charge in [0.15, 0.2) is 0 Å². The molecule has 2 N–H and O–H groups in total. The molecule has 0 saturated carbocycles. The minimum absolute atomic E-state index is 0.329. The van der Waals surface area contributed by atoms with E-state index in [1.54, 1.807) is 12.1 Å². The van der Waals surface area contributed by atoms with Crippen molar-refractivity contribution >= 4 is 5.69 Å². The van der Waals surface area contributed by atoms with E-state index in [9.17, 15) is 5.11 Å². The van der Waals surface area contributed by atoms with Crippen molar-refractivity contribution in [3.63, 3.8) is 0 Å². The molecule has 2 heteroatoms. The molecule has 0 fully saturated rings. The van der Waals surface area contributed by atoms with Gasteiger partial charge in [-0.25, -0.2) is 0 Å². The lowest BCUT2D eigenvalue weighted by atomic mass is 10.0. The van der Waals surface area contributed by atoms with Crippen molar-refractivity contribution in [2.45, 2.75) is 46.6 Å². The Kier molecular flexibility index (Phi) is 4.89. The maximum Gasteiger partial charge on any atom is 0.115 e. The molecule has 0 saturated heterocycles. The Labute approximate surface area is 127 Å². The summed E-state index contributed by atoms with van der Waals surface area (Å²) in [6.07, 6.45) is 2.08. The van der Waals surface area contributed by atoms with Gasteiger partial charge < -0.3 is 10.4 Å². The molecule has 2 aromatic carbocycles. The Morgan fingerprint density at radius 3 is 2.14 bits per heavy atom. The Bertz CT molecular complexity index is 578. The van der Waals surface area contributed by atoms with E-state index in [0.29, 0.717) is 11.8 Å². The minimum atomic E-state index is 0.329. The third kappa shape index (κ3) is 4.25. The molecular weight excluding hydrogens is 258 g/mol. The number of aryl methyl sites for hydroxylation is 4. The molecule has 1 atom stereocenters. The zero-order valence-corrected chi connectivity index (χ0v) is 13.4. The molecule has 2 rings (SSSR count). The first-order valence-electron chi connectivity index (χ1n) is 7.58. The summed E-state index contributed by atoms with van der Waals surface area (Å²) >= 11 is 0. The number of anilines is 1. The monoisotopic (exact) mass is 283 g/mol. The first-order valence-corrected chi connectivity index (χ1v) is 7.58. The van der Waals surface area contributed by atoms with Gasteiger partial charge in [0.2, 0.25) is 0 Å². The van der Waals surface area contributed by atoms with Gasteiger partial charge in [0, 0.05) is 11.7 Å². The zero-order valence-electron chi connectivity index (χ0n) is 13.4. The smallest absolute Gasteiger partial charge is 0.115 e. The molecule has 0 aromatic heterocycles. The Hall–Kier alpha value is -1.96. The second-order valence-electron chi connectivity index (χ2n) is 6.02. The molecule has 0 spiro atoms. The van der Waals surface area contributed by atoms with Crippen LogP contribution in [-0.4, -0.2) is 11.1 Å². The second-order valence-corrected chi connectivity index (χ2v) is 6.02. The van der Waals surface area contributed by atoms with Crippen molar-refractivity contribution in [3.05, 3.63) is 58.7 Å². The first kappa shape index (κ1) is 15.4. The van der Waals surface area contributed by atoms with Crippen LogP contribution >= 0.6 is 0 Å². The average Bonchev–Trinajstić information content (AvgIpc) is 2.42. The fraction of sp³-hybridized carbons (Fsp3) is 0.368. The number of phenolic OH excluding ortho intramolecular Hbond substituents is 1. The Morgan fingerprint density at radius 1 is 1.00 bits per heavy atom. The highest BCUT2D eigenvalue weighted by molar-refractivity contribution is 5.58. The van der Waals surface area contributed by atoms with E-state index in [2.05, 4.69) is 45.1 Å². The largest absolute Gasteiger partial charge is 0.508 e. The normalized spacial score (nSPS) is 12.2. The van der Waals surface area contributed by atoms with Crippen molar-refractivity contribution in [2.24, 2.45) is 0 Å². The van der Waals surface area contributed by atoms with Gasteiger partial charge in [0.1, 0.15) is 5.75 Å². The predicted molar refractivity (Wildman–Crippen MR) is 90.2 cm³/mol. The number of rotatable bonds is 5. The summed E-state index contributed by atoms with van der Waals surface area (Å²) in [5.41, 5.74) is 6.46. The van der Waals surface area contributed by atoms with Crippen molar-refractivity contribution in [3.8, 4) is 5.75 Å². The fourth-order valence-corrected chi connectivity index (χ4v) is 2.77. The van der Waals surface area contributed by atoms with Crippen LogP contribution in [0, 0.1) is 20.8 Å². The van der Waals surface area contributed by atoms with Crippen molar-refractivity contribution in [1.29, 1.82) is 0 Å². The van der Waals surface area contributed by atoms with Gasteiger partial charge in [-0.3, -0.25) is 0 Å². The maximum atomic E-state index is 9.30. The summed E-state index contributed by atoms with van der Waals surface area (Å²) in [4.78, 5) is 0. The van der Waals surface area contributed by atoms with Crippen LogP contribution in [0.2, 0.25) is 0 Å². The van der Waals surface area contributed by atoms with Crippen LogP contribution in [0.4, 0.5) is 5.69 Å². The second kappa shape index (κ2) is 6.66. The summed E-state index contributed by atoms with van der Waals surface area (Å²) in [6, 6.07) is 12.3. The predicted octanol–water partition coefficient (Wildman–Crippen LogP) is 4.75. The topological polar surface area (TPSA) is 32.3 Å². The summed E-state index contributed by atoms with van der Waals surface area (Å²) in [5, 5.41) is 12.9. The van der Waals surface area contributed by atoms with Gasteiger partial charge in [0.05, 0.1) is 0 Å². The van der Waals surface area contributed by atoms with Crippen molar-refractivity contribution < 1.29 is 5.11 Å². The van der Waals surface area contributed by atoms with Gasteiger partial charge in [-0.1, -0.05) is 29.8 Å². The lowest BCUT2D eigenvalue weighted by Gasteiger charge is -2.19. The molecule has 2 aromatic rings. The number of hydrogen-bond acceptors (Lipinski definition) is 2. The molecule has 21 heavy (non-hydrogen) atoms. The molecule has 1 unspecified atom stereocenters. The van der Waals surface area contributed by atoms with Crippen LogP contribution in [0.25, 0.3) is 0 Å². The molecule has 0 aliphatic heterocycles. The lowest BCUT2D eigenvalue weighted by molar-refractivity contribution is 0.475. The number of hydrogen-bond donors (Lipinski definition) is 2. The SMILES string of the molecule is Cc1cc(C)c(NC(C)CCc2ccc(O)cc2)c(C)c1. The van der Waals surface area contributed by atoms with Crippen molar-refractivity contribution in [1.82, 2.24) is 0 Å². The highest BCUT2D eigenvalue weighted by Crippen LogP contribution is 2.23. The molecular formula is C19H25NO. The van der Waals surface area contributed by atoms with Crippen LogP contribution in [0.15, 0.2) is 36.4 Å². The van der Waals surface area contributed by atoms with E-state index in [-0.39, 0.29) is 0 Å². The Morgan fingerprint density at radius 2 is 1.57 bits per heavy atom. The van der Waals surface area contributed by atoms with Gasteiger partial charge in [-0.05, 0) is 69.4 Å². The van der Waals surface area contributed by atoms with Gasteiger partial charge in [-0.2, -0.15) is 0 Å². The molecule has 2 nitrogen and oxygen atoms in total. The van der Waals surface area contributed by atoms with E-state index in [1.807, 2.05) is 12.1 Å². The summed E-state index contributed by atoms with van der Waals surface area (Å²) < 4.78 is 0. The van der Waals surface area contributed by atoms with Crippen LogP contribution in [-0.2, 0) is 6.42 Å². The number of aromatic hydroxyl groups is 1. The van der Waals surface area contributed by atoms with Crippen LogP contribution in [0.5, 0.6) is 5.75 Å². The quantitative estimate of drug-likeness (QED) is 0.830. The van der Waals surface area contributed by atoms with E-state index in [1.165, 1.54) is 27.9 Å². The first-order chi connectivity index (χ1) is 9.95. The zero-order chi connectivity index (χ0) is 15.4. The third-order valence-electron chi connectivity index (χ3n) is 3.87. The summed E-state index contributed by atoms with van der Waals surface area (Å²) in [7, 11) is 0. The van der Waals surface area contributed by atoms with Crippen LogP contribution in [0.3, 0.4) is 0 Å². The fourth-order valence-electron chi connectivity index (χ4n) is 2.77. The highest BCUT2D eigenvalue weighted by atomic mass is 16.3. The average molecular weight is 283 g/mol. The van der Waals surface area contributed by atoms with E-state index in [4.69, 9.17) is 0 Å². The molecule has 0 aliphatic rings. The van der Waals surface area contributed by atoms with E-state index in [0.717, 1.165) is 12.8 Å². The van der Waals surface area contributed by atoms with Crippen LogP contribution in [0.1, 0.15) is 35.6 Å². The molecule has 0 amide bonds. The standard InChI is InChI=1S/C19H25NO/c1-13-11-14(2)19(15(3)12-13)20-16(4)5-6-17-7-9-18(21)10-8-17/h7-12,16,20-21H,5-6H2,1-4H3. The highest BCUT2D eigenvalue weighted by Gasteiger charge is 2.08. The Balaban J connectivity index is 1.96. The molecule has 0 radical (unpaired) electrons. The number of nitrogens with one attached hydrogen (secondary N) is 1. The molecule has 112 valence electrons. The maximum absolute atomic E-state index is 9.30. The van der Waals surface area contributed by atoms with Gasteiger partial charge in [-0.15, -0.1) is 0 Å². The third-order valence-corrected chi connectivity index (χ3v) is 3.87. The minimum Gasteiger partial charge on any atom is -0.508 e. The number of phenols is 1. The lowest BCUT2D eigenvalue weighted by Crippen LogP contribution is -2.17. The van der Waals surface area contributed by atoms with E-state index >= 15 is 0 Å². The number of benzene rings is 2.